The lowest BCUT2D eigenvalue weighted by Crippen LogP contribution is -2.09. The maximum absolute atomic E-state index is 12.3. The van der Waals surface area contributed by atoms with Gasteiger partial charge in [-0.2, -0.15) is 0 Å². The minimum Gasteiger partial charge on any atom is -0.233 e. The van der Waals surface area contributed by atoms with E-state index in [1.165, 1.54) is 44.3 Å². The lowest BCUT2D eigenvalue weighted by molar-refractivity contribution is 0.584. The Morgan fingerprint density at radius 3 is 1.41 bits per heavy atom. The molecule has 2 aromatic heterocycles. The summed E-state index contributed by atoms with van der Waals surface area (Å²) >= 11 is 2.85. The first-order valence-corrected chi connectivity index (χ1v) is 19.4. The Balaban J connectivity index is 1.75. The van der Waals surface area contributed by atoms with Gasteiger partial charge in [0.15, 0.2) is 28.4 Å². The van der Waals surface area contributed by atoms with Crippen LogP contribution in [-0.4, -0.2) is 38.3 Å². The number of aromatic nitrogens is 2. The lowest BCUT2D eigenvalue weighted by atomic mass is 10.2. The smallest absolute Gasteiger partial charge is 0.161 e. The quantitative estimate of drug-likeness (QED) is 0.127. The van der Waals surface area contributed by atoms with Gasteiger partial charge in [0.1, 0.15) is 0 Å². The van der Waals surface area contributed by atoms with Crippen LogP contribution in [0.25, 0.3) is 0 Å². The summed E-state index contributed by atoms with van der Waals surface area (Å²) in [5.41, 5.74) is 1.18. The molecule has 0 aromatic carbocycles. The largest absolute Gasteiger partial charge is 0.233 e. The number of nitrogens with zero attached hydrogens (tertiary/aromatic N) is 2. The third-order valence-corrected chi connectivity index (χ3v) is 13.2. The second-order valence-electron chi connectivity index (χ2n) is 8.39. The van der Waals surface area contributed by atoms with Crippen LogP contribution in [0.15, 0.2) is 19.4 Å². The Kier molecular flexibility index (Phi) is 14.0. The molecule has 2 heterocycles. The molecule has 0 saturated carbocycles. The maximum Gasteiger partial charge on any atom is 0.161 e. The van der Waals surface area contributed by atoms with Crippen LogP contribution in [0.3, 0.4) is 0 Å². The fourth-order valence-electron chi connectivity index (χ4n) is 3.30. The van der Waals surface area contributed by atoms with Crippen molar-refractivity contribution >= 4 is 63.9 Å². The predicted molar refractivity (Wildman–Crippen MR) is 148 cm³/mol. The normalized spacial score (nSPS) is 12.4. The zero-order valence-corrected chi connectivity index (χ0v) is 24.9. The van der Waals surface area contributed by atoms with E-state index in [0.717, 1.165) is 60.0 Å². The summed E-state index contributed by atoms with van der Waals surface area (Å²) in [7, 11) is -3.43. The molecule has 0 atom stereocenters. The van der Waals surface area contributed by atoms with Crippen molar-refractivity contribution in [2.24, 2.45) is 0 Å². The molecule has 0 spiro atoms. The molecule has 0 radical (unpaired) electrons. The monoisotopic (exact) mass is 584 g/mol. The van der Waals surface area contributed by atoms with E-state index in [-0.39, 0.29) is 23.0 Å². The standard InChI is InChI=1S/C22H36N2O4S6/c1-3-5-7-9-11-13-33(25,26)17-19-15-29-21(23-19)31-32-22-24-20(16-30-22)18-34(27,28)14-12-10-8-6-4-2/h15-16H,3-14,17-18H2,1-2H3. The number of thiazole rings is 2. The van der Waals surface area contributed by atoms with E-state index in [1.54, 1.807) is 10.8 Å². The number of rotatable bonds is 19. The molecule has 0 aliphatic rings. The highest BCUT2D eigenvalue weighted by Gasteiger charge is 2.17. The molecule has 0 unspecified atom stereocenters. The highest BCUT2D eigenvalue weighted by molar-refractivity contribution is 8.77. The molecule has 2 rings (SSSR count). The van der Waals surface area contributed by atoms with Gasteiger partial charge in [-0.3, -0.25) is 0 Å². The van der Waals surface area contributed by atoms with Gasteiger partial charge in [-0.1, -0.05) is 65.2 Å². The van der Waals surface area contributed by atoms with Crippen molar-refractivity contribution < 1.29 is 16.8 Å². The molecule has 0 aliphatic heterocycles. The average molecular weight is 585 g/mol. The van der Waals surface area contributed by atoms with E-state index in [4.69, 9.17) is 0 Å². The fourth-order valence-corrected chi connectivity index (χ4v) is 10.4. The molecule has 194 valence electrons. The molecule has 0 amide bonds. The third kappa shape index (κ3) is 12.7. The SMILES string of the molecule is CCCCCCCS(=O)(=O)Cc1csc(SSc2nc(CS(=O)(=O)CCCCCCC)cs2)n1. The van der Waals surface area contributed by atoms with Crippen molar-refractivity contribution in [3.63, 3.8) is 0 Å². The van der Waals surface area contributed by atoms with Crippen molar-refractivity contribution in [3.8, 4) is 0 Å². The van der Waals surface area contributed by atoms with Crippen LogP contribution < -0.4 is 0 Å². The molecule has 0 saturated heterocycles. The number of unbranched alkanes of at least 4 members (excludes halogenated alkanes) is 8. The molecule has 0 bridgehead atoms. The second-order valence-corrected chi connectivity index (χ2v) is 17.1. The zero-order chi connectivity index (χ0) is 24.9. The van der Waals surface area contributed by atoms with Crippen LogP contribution in [0.4, 0.5) is 0 Å². The van der Waals surface area contributed by atoms with Crippen molar-refractivity contribution in [2.75, 3.05) is 11.5 Å². The topological polar surface area (TPSA) is 94.1 Å². The molecule has 6 nitrogen and oxygen atoms in total. The van der Waals surface area contributed by atoms with Crippen LogP contribution in [0, 0.1) is 0 Å². The zero-order valence-electron chi connectivity index (χ0n) is 20.0. The van der Waals surface area contributed by atoms with Crippen LogP contribution in [0.5, 0.6) is 0 Å². The summed E-state index contributed by atoms with van der Waals surface area (Å²) in [5, 5.41) is 3.61. The van der Waals surface area contributed by atoms with Gasteiger partial charge in [0.25, 0.3) is 0 Å². The minimum absolute atomic E-state index is 0.0137. The Morgan fingerprint density at radius 2 is 1.03 bits per heavy atom. The molecule has 0 N–H and O–H groups in total. The summed E-state index contributed by atoms with van der Waals surface area (Å²) in [6, 6.07) is 0. The highest BCUT2D eigenvalue weighted by atomic mass is 33.1. The highest BCUT2D eigenvalue weighted by Crippen LogP contribution is 2.40. The fraction of sp³-hybridized carbons (Fsp3) is 0.727. The van der Waals surface area contributed by atoms with Gasteiger partial charge in [-0.05, 0) is 34.4 Å². The van der Waals surface area contributed by atoms with Crippen LogP contribution >= 0.6 is 44.3 Å². The van der Waals surface area contributed by atoms with E-state index in [9.17, 15) is 16.8 Å². The Morgan fingerprint density at radius 1 is 0.647 bits per heavy atom. The Labute approximate surface area is 221 Å². The summed E-state index contributed by atoms with van der Waals surface area (Å²) in [5.74, 6) is 0.407. The molecule has 0 fully saturated rings. The van der Waals surface area contributed by atoms with Gasteiger partial charge in [-0.25, -0.2) is 26.8 Å². The average Bonchev–Trinajstić information content (AvgIpc) is 3.40. The first-order valence-electron chi connectivity index (χ1n) is 11.9. The Hall–Kier alpha value is -0.140. The van der Waals surface area contributed by atoms with E-state index >= 15 is 0 Å². The van der Waals surface area contributed by atoms with Crippen LogP contribution in [0.2, 0.25) is 0 Å². The minimum atomic E-state index is -3.14. The summed E-state index contributed by atoms with van der Waals surface area (Å²) in [6.45, 7) is 4.28. The Bertz CT molecular complexity index is 963. The molecular formula is C22H36N2O4S6. The summed E-state index contributed by atoms with van der Waals surface area (Å²) in [4.78, 5) is 8.90. The number of sulfone groups is 2. The van der Waals surface area contributed by atoms with Crippen molar-refractivity contribution in [1.82, 2.24) is 9.97 Å². The summed E-state index contributed by atoms with van der Waals surface area (Å²) < 4.78 is 50.9. The van der Waals surface area contributed by atoms with Crippen molar-refractivity contribution in [1.29, 1.82) is 0 Å². The predicted octanol–water partition coefficient (Wildman–Crippen LogP) is 7.17. The molecular weight excluding hydrogens is 549 g/mol. The van der Waals surface area contributed by atoms with Gasteiger partial charge >= 0.3 is 0 Å². The van der Waals surface area contributed by atoms with Gasteiger partial charge in [0, 0.05) is 10.8 Å². The molecule has 12 heteroatoms. The van der Waals surface area contributed by atoms with Gasteiger partial charge in [0.2, 0.25) is 0 Å². The molecule has 2 aromatic rings. The molecule has 0 aliphatic carbocycles. The van der Waals surface area contributed by atoms with Crippen LogP contribution in [-0.2, 0) is 31.2 Å². The lowest BCUT2D eigenvalue weighted by Gasteiger charge is -2.02. The van der Waals surface area contributed by atoms with E-state index in [0.29, 0.717) is 24.2 Å². The van der Waals surface area contributed by atoms with Gasteiger partial charge < -0.3 is 0 Å². The van der Waals surface area contributed by atoms with Gasteiger partial charge in [0.05, 0.1) is 34.4 Å². The first-order chi connectivity index (χ1) is 16.2. The van der Waals surface area contributed by atoms with E-state index < -0.39 is 19.7 Å². The maximum atomic E-state index is 12.3. The van der Waals surface area contributed by atoms with Crippen molar-refractivity contribution in [2.45, 2.75) is 98.2 Å². The summed E-state index contributed by atoms with van der Waals surface area (Å²) in [6.07, 6.45) is 10.1. The first kappa shape index (κ1) is 30.1. The van der Waals surface area contributed by atoms with Gasteiger partial charge in [-0.15, -0.1) is 22.7 Å². The molecule has 34 heavy (non-hydrogen) atoms. The number of hydrogen-bond acceptors (Lipinski definition) is 10. The second kappa shape index (κ2) is 15.9. The van der Waals surface area contributed by atoms with E-state index in [2.05, 4.69) is 23.8 Å². The van der Waals surface area contributed by atoms with E-state index in [1.807, 2.05) is 0 Å². The van der Waals surface area contributed by atoms with Crippen LogP contribution in [0.1, 0.15) is 89.4 Å². The van der Waals surface area contributed by atoms with Crippen molar-refractivity contribution in [3.05, 3.63) is 22.1 Å². The third-order valence-electron chi connectivity index (χ3n) is 5.10. The number of hydrogen-bond donors (Lipinski definition) is 0.